The lowest BCUT2D eigenvalue weighted by molar-refractivity contribution is 0.643. The van der Waals surface area contributed by atoms with Gasteiger partial charge in [-0.3, -0.25) is 0 Å². The Morgan fingerprint density at radius 3 is 2.44 bits per heavy atom. The lowest BCUT2D eigenvalue weighted by atomic mass is 10.3. The number of anilines is 2. The van der Waals surface area contributed by atoms with E-state index in [1.165, 1.54) is 0 Å². The average Bonchev–Trinajstić information content (AvgIpc) is 3.28. The summed E-state index contributed by atoms with van der Waals surface area (Å²) in [6.07, 6.45) is 6.91. The minimum atomic E-state index is 0.854. The smallest absolute Gasteiger partial charge is 0.165 e. The molecule has 1 aliphatic rings. The van der Waals surface area contributed by atoms with Gasteiger partial charge in [-0.15, -0.1) is 0 Å². The van der Waals surface area contributed by atoms with E-state index in [2.05, 4.69) is 39.7 Å². The molecule has 5 rings (SSSR count). The first kappa shape index (κ1) is 14.1. The molecule has 1 saturated heterocycles. The van der Waals surface area contributed by atoms with Gasteiger partial charge in [0, 0.05) is 39.4 Å². The van der Waals surface area contributed by atoms with Crippen LogP contribution in [0.5, 0.6) is 0 Å². The standard InChI is InChI=1S/C16H17N9/c1-23-10-22-13-14(23)19-9-21-16(13)25-6-4-24(5-7-25)15-12-11(2-3-17-12)18-8-20-15/h2-3,8-10,17H,4-7H2,1H3. The van der Waals surface area contributed by atoms with Gasteiger partial charge < -0.3 is 19.4 Å². The molecule has 0 spiro atoms. The summed E-state index contributed by atoms with van der Waals surface area (Å²) in [5.41, 5.74) is 3.65. The summed E-state index contributed by atoms with van der Waals surface area (Å²) >= 11 is 0. The summed E-state index contributed by atoms with van der Waals surface area (Å²) < 4.78 is 1.92. The Hall–Kier alpha value is -3.23. The van der Waals surface area contributed by atoms with Gasteiger partial charge in [-0.1, -0.05) is 0 Å². The van der Waals surface area contributed by atoms with Crippen molar-refractivity contribution in [2.24, 2.45) is 7.05 Å². The number of hydrogen-bond acceptors (Lipinski definition) is 7. The first-order chi connectivity index (χ1) is 12.3. The second kappa shape index (κ2) is 5.40. The van der Waals surface area contributed by atoms with E-state index in [-0.39, 0.29) is 0 Å². The maximum absolute atomic E-state index is 4.48. The number of aromatic amines is 1. The topological polar surface area (TPSA) is 91.7 Å². The molecule has 126 valence electrons. The van der Waals surface area contributed by atoms with Crippen LogP contribution in [0.4, 0.5) is 11.6 Å². The zero-order valence-corrected chi connectivity index (χ0v) is 13.8. The summed E-state index contributed by atoms with van der Waals surface area (Å²) in [5, 5.41) is 0. The van der Waals surface area contributed by atoms with Crippen LogP contribution < -0.4 is 9.80 Å². The molecular weight excluding hydrogens is 318 g/mol. The van der Waals surface area contributed by atoms with Crippen LogP contribution in [0.15, 0.2) is 31.2 Å². The zero-order chi connectivity index (χ0) is 16.8. The molecule has 1 N–H and O–H groups in total. The predicted octanol–water partition coefficient (Wildman–Crippen LogP) is 0.961. The Morgan fingerprint density at radius 1 is 0.880 bits per heavy atom. The summed E-state index contributed by atoms with van der Waals surface area (Å²) in [6.45, 7) is 3.44. The van der Waals surface area contributed by atoms with Gasteiger partial charge in [-0.05, 0) is 6.07 Å². The molecule has 1 fully saturated rings. The third-order valence-electron chi connectivity index (χ3n) is 4.68. The van der Waals surface area contributed by atoms with Crippen LogP contribution in [0.2, 0.25) is 0 Å². The molecular formula is C16H17N9. The molecule has 9 heteroatoms. The van der Waals surface area contributed by atoms with E-state index in [1.54, 1.807) is 19.0 Å². The SMILES string of the molecule is Cn1cnc2c(N3CCN(c4ncnc5cc[nH]c45)CC3)ncnc21. The number of hydrogen-bond donors (Lipinski definition) is 1. The van der Waals surface area contributed by atoms with Gasteiger partial charge in [0.15, 0.2) is 22.8 Å². The zero-order valence-electron chi connectivity index (χ0n) is 13.8. The quantitative estimate of drug-likeness (QED) is 0.583. The highest BCUT2D eigenvalue weighted by Crippen LogP contribution is 2.25. The lowest BCUT2D eigenvalue weighted by Gasteiger charge is -2.36. The Labute approximate surface area is 143 Å². The van der Waals surface area contributed by atoms with Crippen molar-refractivity contribution in [3.05, 3.63) is 31.2 Å². The molecule has 0 amide bonds. The minimum Gasteiger partial charge on any atom is -0.357 e. The molecule has 0 aromatic carbocycles. The summed E-state index contributed by atoms with van der Waals surface area (Å²) in [5.74, 6) is 1.86. The highest BCUT2D eigenvalue weighted by molar-refractivity contribution is 5.86. The molecule has 0 aliphatic carbocycles. The van der Waals surface area contributed by atoms with Crippen LogP contribution in [0.1, 0.15) is 0 Å². The molecule has 1 aliphatic heterocycles. The Kier molecular flexibility index (Phi) is 3.06. The van der Waals surface area contributed by atoms with Gasteiger partial charge in [0.25, 0.3) is 0 Å². The number of rotatable bonds is 2. The van der Waals surface area contributed by atoms with Gasteiger partial charge in [0.05, 0.1) is 11.8 Å². The van der Waals surface area contributed by atoms with Crippen LogP contribution in [0.3, 0.4) is 0 Å². The fourth-order valence-electron chi connectivity index (χ4n) is 3.39. The number of aromatic nitrogens is 7. The van der Waals surface area contributed by atoms with E-state index in [0.717, 1.165) is 60.0 Å². The van der Waals surface area contributed by atoms with E-state index in [1.807, 2.05) is 23.9 Å². The molecule has 5 heterocycles. The average molecular weight is 335 g/mol. The Balaban J connectivity index is 1.42. The van der Waals surface area contributed by atoms with Crippen molar-refractivity contribution in [2.45, 2.75) is 0 Å². The van der Waals surface area contributed by atoms with Gasteiger partial charge >= 0.3 is 0 Å². The van der Waals surface area contributed by atoms with E-state index in [9.17, 15) is 0 Å². The number of nitrogens with zero attached hydrogens (tertiary/aromatic N) is 8. The number of H-pyrrole nitrogens is 1. The molecule has 4 aromatic heterocycles. The van der Waals surface area contributed by atoms with Crippen molar-refractivity contribution in [1.29, 1.82) is 0 Å². The van der Waals surface area contributed by atoms with Crippen LogP contribution in [0, 0.1) is 0 Å². The monoisotopic (exact) mass is 335 g/mol. The summed E-state index contributed by atoms with van der Waals surface area (Å²) in [7, 11) is 1.95. The van der Waals surface area contributed by atoms with Gasteiger partial charge in [-0.25, -0.2) is 24.9 Å². The van der Waals surface area contributed by atoms with Crippen molar-refractivity contribution in [3.8, 4) is 0 Å². The first-order valence-electron chi connectivity index (χ1n) is 8.21. The number of fused-ring (bicyclic) bond motifs is 2. The molecule has 4 aromatic rings. The Morgan fingerprint density at radius 2 is 1.60 bits per heavy atom. The second-order valence-corrected chi connectivity index (χ2v) is 6.13. The maximum atomic E-state index is 4.48. The third kappa shape index (κ3) is 2.19. The number of imidazole rings is 1. The first-order valence-corrected chi connectivity index (χ1v) is 8.21. The third-order valence-corrected chi connectivity index (χ3v) is 4.68. The van der Waals surface area contributed by atoms with Gasteiger partial charge in [0.1, 0.15) is 18.2 Å². The van der Waals surface area contributed by atoms with E-state index < -0.39 is 0 Å². The number of aryl methyl sites for hydroxylation is 1. The maximum Gasteiger partial charge on any atom is 0.165 e. The van der Waals surface area contributed by atoms with Crippen molar-refractivity contribution >= 4 is 33.8 Å². The molecule has 0 radical (unpaired) electrons. The van der Waals surface area contributed by atoms with Gasteiger partial charge in [0.2, 0.25) is 0 Å². The molecule has 25 heavy (non-hydrogen) atoms. The van der Waals surface area contributed by atoms with Crippen LogP contribution in [-0.4, -0.2) is 60.6 Å². The largest absolute Gasteiger partial charge is 0.357 e. The number of piperazine rings is 1. The molecule has 0 unspecified atom stereocenters. The van der Waals surface area contributed by atoms with E-state index in [0.29, 0.717) is 0 Å². The molecule has 0 atom stereocenters. The highest BCUT2D eigenvalue weighted by Gasteiger charge is 2.23. The molecule has 9 nitrogen and oxygen atoms in total. The van der Waals surface area contributed by atoms with Crippen molar-refractivity contribution in [1.82, 2.24) is 34.5 Å². The fourth-order valence-corrected chi connectivity index (χ4v) is 3.39. The van der Waals surface area contributed by atoms with Crippen molar-refractivity contribution in [3.63, 3.8) is 0 Å². The Bertz CT molecular complexity index is 1040. The minimum absolute atomic E-state index is 0.854. The fraction of sp³-hybridized carbons (Fsp3) is 0.312. The normalized spacial score (nSPS) is 15.4. The van der Waals surface area contributed by atoms with E-state index in [4.69, 9.17) is 0 Å². The second-order valence-electron chi connectivity index (χ2n) is 6.13. The molecule has 0 saturated carbocycles. The lowest BCUT2D eigenvalue weighted by Crippen LogP contribution is -2.47. The van der Waals surface area contributed by atoms with Gasteiger partial charge in [-0.2, -0.15) is 0 Å². The van der Waals surface area contributed by atoms with Crippen LogP contribution in [0.25, 0.3) is 22.2 Å². The van der Waals surface area contributed by atoms with Crippen molar-refractivity contribution < 1.29 is 0 Å². The van der Waals surface area contributed by atoms with Crippen molar-refractivity contribution in [2.75, 3.05) is 36.0 Å². The highest BCUT2D eigenvalue weighted by atomic mass is 15.3. The van der Waals surface area contributed by atoms with Crippen LogP contribution >= 0.6 is 0 Å². The van der Waals surface area contributed by atoms with E-state index >= 15 is 0 Å². The molecule has 0 bridgehead atoms. The summed E-state index contributed by atoms with van der Waals surface area (Å²) in [4.78, 5) is 29.8. The predicted molar refractivity (Wildman–Crippen MR) is 94.6 cm³/mol. The van der Waals surface area contributed by atoms with Crippen LogP contribution in [-0.2, 0) is 7.05 Å². The number of nitrogens with one attached hydrogen (secondary N) is 1. The summed E-state index contributed by atoms with van der Waals surface area (Å²) in [6, 6.07) is 1.97.